The number of pyridine rings is 1. The van der Waals surface area contributed by atoms with Crippen molar-refractivity contribution in [3.05, 3.63) is 54.4 Å². The topological polar surface area (TPSA) is 95.7 Å². The van der Waals surface area contributed by atoms with Crippen LogP contribution < -0.4 is 10.1 Å². The Bertz CT molecular complexity index is 936. The smallest absolute Gasteiger partial charge is 0.273 e. The molecule has 1 aliphatic rings. The van der Waals surface area contributed by atoms with Crippen molar-refractivity contribution in [2.24, 2.45) is 0 Å². The zero-order valence-corrected chi connectivity index (χ0v) is 14.8. The number of methoxy groups -OCH3 is 1. The van der Waals surface area contributed by atoms with Crippen LogP contribution >= 0.6 is 0 Å². The van der Waals surface area contributed by atoms with E-state index in [-0.39, 0.29) is 30.4 Å². The van der Waals surface area contributed by atoms with Crippen LogP contribution in [0.5, 0.6) is 5.75 Å². The maximum absolute atomic E-state index is 12.3. The summed E-state index contributed by atoms with van der Waals surface area (Å²) in [5.41, 5.74) is 0.947. The van der Waals surface area contributed by atoms with Crippen molar-refractivity contribution in [3.8, 4) is 5.75 Å². The summed E-state index contributed by atoms with van der Waals surface area (Å²) in [4.78, 5) is 20.9. The lowest BCUT2D eigenvalue weighted by Gasteiger charge is -2.16. The summed E-state index contributed by atoms with van der Waals surface area (Å²) in [6.07, 6.45) is 2.86. The molecule has 1 amide bonds. The van der Waals surface area contributed by atoms with Gasteiger partial charge in [-0.3, -0.25) is 9.78 Å². The summed E-state index contributed by atoms with van der Waals surface area (Å²) in [6, 6.07) is 9.31. The largest absolute Gasteiger partial charge is 0.482 e. The van der Waals surface area contributed by atoms with Crippen molar-refractivity contribution < 1.29 is 23.4 Å². The summed E-state index contributed by atoms with van der Waals surface area (Å²) in [6.45, 7) is 0.959. The van der Waals surface area contributed by atoms with Gasteiger partial charge in [0.15, 0.2) is 12.3 Å². The molecule has 8 heteroatoms. The van der Waals surface area contributed by atoms with E-state index < -0.39 is 0 Å². The van der Waals surface area contributed by atoms with E-state index in [9.17, 15) is 4.79 Å². The molecule has 1 aliphatic heterocycles. The first-order valence-corrected chi connectivity index (χ1v) is 8.57. The van der Waals surface area contributed by atoms with Crippen LogP contribution in [0.4, 0.5) is 0 Å². The number of nitrogens with one attached hydrogen (secondary N) is 1. The summed E-state index contributed by atoms with van der Waals surface area (Å²) in [5.74, 6) is 0.594. The minimum absolute atomic E-state index is 0.0935. The number of ether oxygens (including phenoxy) is 3. The highest BCUT2D eigenvalue weighted by Gasteiger charge is 2.30. The van der Waals surface area contributed by atoms with Crippen LogP contribution in [0.15, 0.2) is 47.2 Å². The molecule has 1 fully saturated rings. The first-order valence-electron chi connectivity index (χ1n) is 8.57. The second-order valence-electron chi connectivity index (χ2n) is 6.14. The van der Waals surface area contributed by atoms with Gasteiger partial charge in [0.25, 0.3) is 5.91 Å². The molecule has 140 valence electrons. The average molecular weight is 369 g/mol. The predicted octanol–water partition coefficient (Wildman–Crippen LogP) is 1.95. The maximum atomic E-state index is 12.3. The molecule has 0 aliphatic carbocycles. The molecular formula is C19H19N3O5. The third-order valence-corrected chi connectivity index (χ3v) is 4.38. The van der Waals surface area contributed by atoms with Gasteiger partial charge in [0, 0.05) is 18.7 Å². The average Bonchev–Trinajstić information content (AvgIpc) is 3.35. The number of para-hydroxylation sites is 1. The molecule has 8 nitrogen and oxygen atoms in total. The Morgan fingerprint density at radius 2 is 2.19 bits per heavy atom. The number of carbonyl (C=O) groups is 1. The molecule has 0 spiro atoms. The van der Waals surface area contributed by atoms with Crippen molar-refractivity contribution in [2.75, 3.05) is 20.3 Å². The molecule has 1 saturated heterocycles. The third-order valence-electron chi connectivity index (χ3n) is 4.38. The Balaban J connectivity index is 1.40. The Hall–Kier alpha value is -2.97. The predicted molar refractivity (Wildman–Crippen MR) is 95.4 cm³/mol. The van der Waals surface area contributed by atoms with Gasteiger partial charge in [0.2, 0.25) is 5.89 Å². The fourth-order valence-corrected chi connectivity index (χ4v) is 2.96. The number of aromatic nitrogens is 2. The molecule has 4 rings (SSSR count). The van der Waals surface area contributed by atoms with Crippen molar-refractivity contribution in [2.45, 2.75) is 18.8 Å². The van der Waals surface area contributed by atoms with Crippen LogP contribution in [-0.4, -0.2) is 48.3 Å². The van der Waals surface area contributed by atoms with Gasteiger partial charge >= 0.3 is 0 Å². The lowest BCUT2D eigenvalue weighted by molar-refractivity contribution is 0.0684. The van der Waals surface area contributed by atoms with Crippen LogP contribution in [0.25, 0.3) is 10.9 Å². The first kappa shape index (κ1) is 17.4. The quantitative estimate of drug-likeness (QED) is 0.709. The highest BCUT2D eigenvalue weighted by Crippen LogP contribution is 2.23. The van der Waals surface area contributed by atoms with Gasteiger partial charge in [-0.1, -0.05) is 18.2 Å². The van der Waals surface area contributed by atoms with E-state index in [1.807, 2.05) is 30.3 Å². The number of benzene rings is 1. The molecule has 1 N–H and O–H groups in total. The van der Waals surface area contributed by atoms with E-state index in [1.165, 1.54) is 6.26 Å². The monoisotopic (exact) mass is 369 g/mol. The minimum atomic E-state index is -0.339. The standard InChI is InChI=1S/C19H19N3O5/c1-24-16-10-25-8-13(16)22-19(23)14-9-27-17(21-14)11-26-15-6-2-4-12-5-3-7-20-18(12)15/h2-7,9,13,16H,8,10-11H2,1H3,(H,22,23)/t13-,16-/m1/s1. The minimum Gasteiger partial charge on any atom is -0.482 e. The number of rotatable bonds is 6. The molecule has 2 aromatic heterocycles. The highest BCUT2D eigenvalue weighted by molar-refractivity contribution is 5.92. The number of fused-ring (bicyclic) bond motifs is 1. The number of oxazole rings is 1. The van der Waals surface area contributed by atoms with E-state index in [2.05, 4.69) is 15.3 Å². The molecule has 27 heavy (non-hydrogen) atoms. The van der Waals surface area contributed by atoms with Crippen molar-refractivity contribution >= 4 is 16.8 Å². The van der Waals surface area contributed by atoms with Gasteiger partial charge in [-0.15, -0.1) is 0 Å². The van der Waals surface area contributed by atoms with Gasteiger partial charge in [-0.2, -0.15) is 0 Å². The Labute approximate surface area is 155 Å². The molecule has 0 saturated carbocycles. The summed E-state index contributed by atoms with van der Waals surface area (Å²) in [7, 11) is 1.59. The third kappa shape index (κ3) is 3.76. The molecule has 0 radical (unpaired) electrons. The molecular weight excluding hydrogens is 350 g/mol. The lowest BCUT2D eigenvalue weighted by Crippen LogP contribution is -2.43. The molecule has 0 bridgehead atoms. The summed E-state index contributed by atoms with van der Waals surface area (Å²) < 4.78 is 21.7. The van der Waals surface area contributed by atoms with Crippen LogP contribution in [0.1, 0.15) is 16.4 Å². The molecule has 0 unspecified atom stereocenters. The van der Waals surface area contributed by atoms with Gasteiger partial charge in [0.05, 0.1) is 19.3 Å². The normalized spacial score (nSPS) is 19.3. The van der Waals surface area contributed by atoms with Crippen molar-refractivity contribution in [3.63, 3.8) is 0 Å². The number of hydrogen-bond acceptors (Lipinski definition) is 7. The van der Waals surface area contributed by atoms with Crippen LogP contribution in [0.2, 0.25) is 0 Å². The fraction of sp³-hybridized carbons (Fsp3) is 0.316. The van der Waals surface area contributed by atoms with Gasteiger partial charge < -0.3 is 23.9 Å². The second-order valence-corrected chi connectivity index (χ2v) is 6.14. The number of amides is 1. The molecule has 1 aromatic carbocycles. The number of carbonyl (C=O) groups excluding carboxylic acids is 1. The zero-order chi connectivity index (χ0) is 18.6. The van der Waals surface area contributed by atoms with E-state index >= 15 is 0 Å². The van der Waals surface area contributed by atoms with Crippen LogP contribution in [0, 0.1) is 0 Å². The second kappa shape index (κ2) is 7.73. The summed E-state index contributed by atoms with van der Waals surface area (Å²) in [5, 5.41) is 3.83. The highest BCUT2D eigenvalue weighted by atomic mass is 16.5. The Morgan fingerprint density at radius 1 is 1.30 bits per heavy atom. The van der Waals surface area contributed by atoms with E-state index in [1.54, 1.807) is 13.3 Å². The van der Waals surface area contributed by atoms with Gasteiger partial charge in [-0.25, -0.2) is 4.98 Å². The van der Waals surface area contributed by atoms with Crippen LogP contribution in [0.3, 0.4) is 0 Å². The van der Waals surface area contributed by atoms with Crippen molar-refractivity contribution in [1.82, 2.24) is 15.3 Å². The Morgan fingerprint density at radius 3 is 3.07 bits per heavy atom. The zero-order valence-electron chi connectivity index (χ0n) is 14.8. The molecule has 3 aromatic rings. The SMILES string of the molecule is CO[C@@H]1COC[C@H]1NC(=O)c1coc(COc2cccc3cccnc23)n1. The van der Waals surface area contributed by atoms with E-state index in [0.29, 0.717) is 24.9 Å². The molecule has 2 atom stereocenters. The van der Waals surface area contributed by atoms with Gasteiger partial charge in [-0.05, 0) is 12.1 Å². The van der Waals surface area contributed by atoms with E-state index in [0.717, 1.165) is 10.9 Å². The first-order chi connectivity index (χ1) is 13.2. The van der Waals surface area contributed by atoms with E-state index in [4.69, 9.17) is 18.6 Å². The van der Waals surface area contributed by atoms with Crippen LogP contribution in [-0.2, 0) is 16.1 Å². The summed E-state index contributed by atoms with van der Waals surface area (Å²) >= 11 is 0. The molecule has 3 heterocycles. The number of nitrogens with zero attached hydrogens (tertiary/aromatic N) is 2. The van der Waals surface area contributed by atoms with Crippen molar-refractivity contribution in [1.29, 1.82) is 0 Å². The fourth-order valence-electron chi connectivity index (χ4n) is 2.96. The lowest BCUT2D eigenvalue weighted by atomic mass is 10.2. The maximum Gasteiger partial charge on any atom is 0.273 e. The number of hydrogen-bond donors (Lipinski definition) is 1. The van der Waals surface area contributed by atoms with Gasteiger partial charge in [0.1, 0.15) is 23.6 Å². The Kier molecular flexibility index (Phi) is 4.99.